The molecule has 0 aromatic carbocycles. The zero-order valence-corrected chi connectivity index (χ0v) is 11.8. The van der Waals surface area contributed by atoms with Gasteiger partial charge in [-0.05, 0) is 13.8 Å². The van der Waals surface area contributed by atoms with Gasteiger partial charge in [0.1, 0.15) is 10.6 Å². The number of aromatic nitrogens is 2. The van der Waals surface area contributed by atoms with Crippen LogP contribution in [0.1, 0.15) is 19.5 Å². The van der Waals surface area contributed by atoms with Crippen molar-refractivity contribution >= 4 is 15.7 Å². The highest BCUT2D eigenvalue weighted by atomic mass is 32.2. The second kappa shape index (κ2) is 5.43. The number of nitrogens with zero attached hydrogens (tertiary/aromatic N) is 2. The van der Waals surface area contributed by atoms with Gasteiger partial charge in [-0.3, -0.25) is 9.48 Å². The fraction of sp³-hybridized carbons (Fsp3) is 0.600. The molecule has 0 aliphatic carbocycles. The SMILES string of the molecule is CC(C)NC(=O)CS(=O)(=O)c1cnn(C)c1C(F)(F)F. The summed E-state index contributed by atoms with van der Waals surface area (Å²) in [5, 5.41) is 5.61. The molecule has 10 heteroatoms. The van der Waals surface area contributed by atoms with E-state index in [1.54, 1.807) is 13.8 Å². The monoisotopic (exact) mass is 313 g/mol. The maximum atomic E-state index is 12.8. The maximum absolute atomic E-state index is 12.8. The molecule has 1 rings (SSSR count). The van der Waals surface area contributed by atoms with Gasteiger partial charge in [-0.25, -0.2) is 8.42 Å². The number of amides is 1. The van der Waals surface area contributed by atoms with Crippen molar-refractivity contribution in [2.75, 3.05) is 5.75 Å². The van der Waals surface area contributed by atoms with Gasteiger partial charge in [0.15, 0.2) is 15.5 Å². The summed E-state index contributed by atoms with van der Waals surface area (Å²) in [6.07, 6.45) is -4.27. The van der Waals surface area contributed by atoms with Gasteiger partial charge in [0.2, 0.25) is 5.91 Å². The molecular formula is C10H14F3N3O3S. The molecule has 0 aliphatic heterocycles. The van der Waals surface area contributed by atoms with E-state index in [9.17, 15) is 26.4 Å². The topological polar surface area (TPSA) is 81.1 Å². The Morgan fingerprint density at radius 2 is 2.00 bits per heavy atom. The predicted molar refractivity (Wildman–Crippen MR) is 63.5 cm³/mol. The Kier molecular flexibility index (Phi) is 4.47. The van der Waals surface area contributed by atoms with Crippen LogP contribution in [0.2, 0.25) is 0 Å². The molecule has 0 fully saturated rings. The standard InChI is InChI=1S/C10H14F3N3O3S/c1-6(2)15-8(17)5-20(18,19)7-4-14-16(3)9(7)10(11,12)13/h4,6H,5H2,1-3H3,(H,15,17). The van der Waals surface area contributed by atoms with Crippen molar-refractivity contribution in [1.82, 2.24) is 15.1 Å². The van der Waals surface area contributed by atoms with E-state index < -0.39 is 38.3 Å². The molecule has 0 saturated carbocycles. The molecule has 0 saturated heterocycles. The molecule has 1 aromatic rings. The number of alkyl halides is 3. The third kappa shape index (κ3) is 3.71. The molecular weight excluding hydrogens is 299 g/mol. The number of carbonyl (C=O) groups is 1. The number of aryl methyl sites for hydroxylation is 1. The molecule has 20 heavy (non-hydrogen) atoms. The van der Waals surface area contributed by atoms with E-state index in [1.807, 2.05) is 0 Å². The minimum Gasteiger partial charge on any atom is -0.353 e. The minimum atomic E-state index is -4.87. The van der Waals surface area contributed by atoms with Crippen LogP contribution in [-0.4, -0.2) is 35.9 Å². The fourth-order valence-electron chi connectivity index (χ4n) is 1.58. The normalized spacial score (nSPS) is 12.8. The first kappa shape index (κ1) is 16.5. The van der Waals surface area contributed by atoms with Crippen LogP contribution in [0, 0.1) is 0 Å². The number of halogens is 3. The van der Waals surface area contributed by atoms with Gasteiger partial charge in [-0.2, -0.15) is 18.3 Å². The van der Waals surface area contributed by atoms with E-state index in [0.717, 1.165) is 7.05 Å². The molecule has 0 radical (unpaired) electrons. The summed E-state index contributed by atoms with van der Waals surface area (Å²) < 4.78 is 62.6. The molecule has 114 valence electrons. The highest BCUT2D eigenvalue weighted by molar-refractivity contribution is 7.92. The van der Waals surface area contributed by atoms with E-state index in [4.69, 9.17) is 0 Å². The molecule has 1 aromatic heterocycles. The fourth-order valence-corrected chi connectivity index (χ4v) is 2.92. The third-order valence-electron chi connectivity index (χ3n) is 2.28. The van der Waals surface area contributed by atoms with Gasteiger partial charge in [-0.1, -0.05) is 0 Å². The lowest BCUT2D eigenvalue weighted by Crippen LogP contribution is -2.35. The van der Waals surface area contributed by atoms with Gasteiger partial charge in [-0.15, -0.1) is 0 Å². The second-order valence-electron chi connectivity index (χ2n) is 4.46. The number of hydrogen-bond acceptors (Lipinski definition) is 4. The van der Waals surface area contributed by atoms with Gasteiger partial charge in [0.05, 0.1) is 6.20 Å². The zero-order chi connectivity index (χ0) is 15.7. The van der Waals surface area contributed by atoms with Crippen molar-refractivity contribution in [3.63, 3.8) is 0 Å². The largest absolute Gasteiger partial charge is 0.434 e. The average Bonchev–Trinajstić information content (AvgIpc) is 2.57. The number of rotatable bonds is 4. The van der Waals surface area contributed by atoms with Crippen LogP contribution in [0.5, 0.6) is 0 Å². The Morgan fingerprint density at radius 1 is 1.45 bits per heavy atom. The Hall–Kier alpha value is -1.58. The predicted octanol–water partition coefficient (Wildman–Crippen LogP) is 0.737. The van der Waals surface area contributed by atoms with Crippen LogP contribution in [0.4, 0.5) is 13.2 Å². The number of carbonyl (C=O) groups excluding carboxylic acids is 1. The number of hydrogen-bond donors (Lipinski definition) is 1. The van der Waals surface area contributed by atoms with Gasteiger partial charge in [0.25, 0.3) is 0 Å². The van der Waals surface area contributed by atoms with Gasteiger partial charge >= 0.3 is 6.18 Å². The molecule has 0 aliphatic rings. The van der Waals surface area contributed by atoms with E-state index in [2.05, 4.69) is 10.4 Å². The highest BCUT2D eigenvalue weighted by Crippen LogP contribution is 2.33. The zero-order valence-electron chi connectivity index (χ0n) is 11.0. The number of nitrogens with one attached hydrogen (secondary N) is 1. The second-order valence-corrected chi connectivity index (χ2v) is 6.42. The van der Waals surface area contributed by atoms with Crippen LogP contribution in [0.15, 0.2) is 11.1 Å². The van der Waals surface area contributed by atoms with Crippen LogP contribution in [0.25, 0.3) is 0 Å². The summed E-state index contributed by atoms with van der Waals surface area (Å²) in [7, 11) is -3.43. The highest BCUT2D eigenvalue weighted by Gasteiger charge is 2.41. The molecule has 1 amide bonds. The lowest BCUT2D eigenvalue weighted by molar-refractivity contribution is -0.146. The molecule has 0 atom stereocenters. The van der Waals surface area contributed by atoms with Gasteiger partial charge < -0.3 is 5.32 Å². The Morgan fingerprint density at radius 3 is 2.45 bits per heavy atom. The molecule has 1 heterocycles. The average molecular weight is 313 g/mol. The lowest BCUT2D eigenvalue weighted by atomic mass is 10.4. The first-order valence-corrected chi connectivity index (χ1v) is 7.21. The number of sulfone groups is 1. The first-order chi connectivity index (χ1) is 8.95. The molecule has 0 bridgehead atoms. The lowest BCUT2D eigenvalue weighted by Gasteiger charge is -2.11. The summed E-state index contributed by atoms with van der Waals surface area (Å²) in [5.74, 6) is -1.92. The Balaban J connectivity index is 3.15. The third-order valence-corrected chi connectivity index (χ3v) is 3.89. The molecule has 0 unspecified atom stereocenters. The van der Waals surface area contributed by atoms with Crippen LogP contribution in [0.3, 0.4) is 0 Å². The van der Waals surface area contributed by atoms with E-state index in [-0.39, 0.29) is 6.04 Å². The van der Waals surface area contributed by atoms with Gasteiger partial charge in [0, 0.05) is 13.1 Å². The summed E-state index contributed by atoms with van der Waals surface area (Å²) in [6, 6.07) is -0.311. The van der Waals surface area contributed by atoms with Crippen LogP contribution in [-0.2, 0) is 27.9 Å². The van der Waals surface area contributed by atoms with E-state index in [1.165, 1.54) is 0 Å². The molecule has 1 N–H and O–H groups in total. The van der Waals surface area contributed by atoms with Crippen LogP contribution < -0.4 is 5.32 Å². The quantitative estimate of drug-likeness (QED) is 0.889. The van der Waals surface area contributed by atoms with Crippen molar-refractivity contribution in [2.45, 2.75) is 31.0 Å². The summed E-state index contributed by atoms with van der Waals surface area (Å²) >= 11 is 0. The van der Waals surface area contributed by atoms with E-state index in [0.29, 0.717) is 10.9 Å². The smallest absolute Gasteiger partial charge is 0.353 e. The van der Waals surface area contributed by atoms with E-state index >= 15 is 0 Å². The molecule has 0 spiro atoms. The maximum Gasteiger partial charge on any atom is 0.434 e. The Bertz CT molecular complexity index is 605. The van der Waals surface area contributed by atoms with Crippen molar-refractivity contribution < 1.29 is 26.4 Å². The summed E-state index contributed by atoms with van der Waals surface area (Å²) in [4.78, 5) is 10.4. The van der Waals surface area contributed by atoms with Crippen molar-refractivity contribution in [1.29, 1.82) is 0 Å². The van der Waals surface area contributed by atoms with Crippen molar-refractivity contribution in [2.24, 2.45) is 7.05 Å². The summed E-state index contributed by atoms with van der Waals surface area (Å²) in [5.41, 5.74) is -1.39. The molecule has 6 nitrogen and oxygen atoms in total. The first-order valence-electron chi connectivity index (χ1n) is 5.56. The van der Waals surface area contributed by atoms with Crippen LogP contribution >= 0.6 is 0 Å². The summed E-state index contributed by atoms with van der Waals surface area (Å²) in [6.45, 7) is 3.21. The Labute approximate surface area is 113 Å². The van der Waals surface area contributed by atoms with Crippen molar-refractivity contribution in [3.05, 3.63) is 11.9 Å². The minimum absolute atomic E-state index is 0.311. The van der Waals surface area contributed by atoms with Crippen molar-refractivity contribution in [3.8, 4) is 0 Å².